The number of carbonyl (C=O) groups excluding carboxylic acids is 1. The molecule has 1 aliphatic rings. The fraction of sp³-hybridized carbons (Fsp3) is 0.409. The minimum absolute atomic E-state index is 0.0405. The maximum Gasteiger partial charge on any atom is 0.234 e. The van der Waals surface area contributed by atoms with Gasteiger partial charge in [-0.2, -0.15) is 0 Å². The van der Waals surface area contributed by atoms with Crippen molar-refractivity contribution in [1.29, 1.82) is 0 Å². The molecule has 0 unspecified atom stereocenters. The van der Waals surface area contributed by atoms with Crippen LogP contribution in [0.15, 0.2) is 42.5 Å². The third kappa shape index (κ3) is 5.84. The van der Waals surface area contributed by atoms with E-state index in [0.717, 1.165) is 31.5 Å². The van der Waals surface area contributed by atoms with Gasteiger partial charge in [-0.3, -0.25) is 9.69 Å². The van der Waals surface area contributed by atoms with Gasteiger partial charge in [-0.25, -0.2) is 4.39 Å². The molecule has 1 heterocycles. The van der Waals surface area contributed by atoms with Gasteiger partial charge in [0, 0.05) is 19.6 Å². The van der Waals surface area contributed by atoms with Crippen LogP contribution in [0.3, 0.4) is 0 Å². The van der Waals surface area contributed by atoms with Gasteiger partial charge in [-0.05, 0) is 42.7 Å². The number of hydrogen-bond acceptors (Lipinski definition) is 5. The number of amides is 1. The first kappa shape index (κ1) is 20.9. The van der Waals surface area contributed by atoms with E-state index >= 15 is 0 Å². The molecule has 1 N–H and O–H groups in total. The molecule has 0 bridgehead atoms. The Labute approximate surface area is 170 Å². The van der Waals surface area contributed by atoms with Gasteiger partial charge < -0.3 is 19.5 Å². The Morgan fingerprint density at radius 3 is 2.28 bits per heavy atom. The van der Waals surface area contributed by atoms with Gasteiger partial charge in [-0.15, -0.1) is 0 Å². The van der Waals surface area contributed by atoms with Crippen LogP contribution in [-0.2, 0) is 11.3 Å². The molecule has 156 valence electrons. The molecule has 1 aliphatic heterocycles. The van der Waals surface area contributed by atoms with Crippen LogP contribution in [0.1, 0.15) is 18.4 Å². The minimum atomic E-state index is -0.282. The summed E-state index contributed by atoms with van der Waals surface area (Å²) in [7, 11) is 3.21. The van der Waals surface area contributed by atoms with Crippen molar-refractivity contribution in [2.45, 2.75) is 25.5 Å². The molecule has 0 aromatic heterocycles. The van der Waals surface area contributed by atoms with Crippen molar-refractivity contribution in [3.05, 3.63) is 53.8 Å². The van der Waals surface area contributed by atoms with Crippen LogP contribution in [0, 0.1) is 5.82 Å². The van der Waals surface area contributed by atoms with Crippen molar-refractivity contribution in [1.82, 2.24) is 10.2 Å². The molecular formula is C22H27FN2O4. The van der Waals surface area contributed by atoms with Crippen molar-refractivity contribution in [3.8, 4) is 17.2 Å². The zero-order valence-electron chi connectivity index (χ0n) is 16.8. The van der Waals surface area contributed by atoms with Crippen molar-refractivity contribution in [2.75, 3.05) is 33.9 Å². The topological polar surface area (TPSA) is 60.0 Å². The molecule has 1 saturated heterocycles. The quantitative estimate of drug-likeness (QED) is 0.736. The van der Waals surface area contributed by atoms with Crippen LogP contribution in [0.4, 0.5) is 4.39 Å². The number of piperidine rings is 1. The molecule has 0 saturated carbocycles. The number of nitrogens with zero attached hydrogens (tertiary/aromatic N) is 1. The molecule has 1 amide bonds. The summed E-state index contributed by atoms with van der Waals surface area (Å²) in [6, 6.07) is 11.7. The lowest BCUT2D eigenvalue weighted by Gasteiger charge is -2.32. The predicted molar refractivity (Wildman–Crippen MR) is 108 cm³/mol. The van der Waals surface area contributed by atoms with Crippen LogP contribution >= 0.6 is 0 Å². The molecule has 3 rings (SSSR count). The first-order valence-corrected chi connectivity index (χ1v) is 9.70. The average molecular weight is 402 g/mol. The van der Waals surface area contributed by atoms with Gasteiger partial charge in [0.2, 0.25) is 11.7 Å². The third-order valence-corrected chi connectivity index (χ3v) is 4.97. The predicted octanol–water partition coefficient (Wildman–Crippen LogP) is 3.00. The summed E-state index contributed by atoms with van der Waals surface area (Å²) in [6.45, 7) is 2.27. The molecule has 2 aromatic carbocycles. The molecule has 0 atom stereocenters. The molecule has 7 heteroatoms. The fourth-order valence-corrected chi connectivity index (χ4v) is 3.35. The second-order valence-electron chi connectivity index (χ2n) is 6.99. The van der Waals surface area contributed by atoms with E-state index in [4.69, 9.17) is 14.2 Å². The Balaban J connectivity index is 1.45. The summed E-state index contributed by atoms with van der Waals surface area (Å²) in [5.41, 5.74) is 0.873. The molecule has 6 nitrogen and oxygen atoms in total. The van der Waals surface area contributed by atoms with Crippen LogP contribution in [0.25, 0.3) is 0 Å². The van der Waals surface area contributed by atoms with E-state index in [2.05, 4.69) is 10.2 Å². The Morgan fingerprint density at radius 1 is 1.07 bits per heavy atom. The van der Waals surface area contributed by atoms with E-state index in [9.17, 15) is 9.18 Å². The number of para-hydroxylation sites is 1. The van der Waals surface area contributed by atoms with E-state index in [1.165, 1.54) is 12.1 Å². The van der Waals surface area contributed by atoms with Crippen LogP contribution < -0.4 is 19.5 Å². The highest BCUT2D eigenvalue weighted by Gasteiger charge is 2.24. The highest BCUT2D eigenvalue weighted by atomic mass is 19.1. The first-order chi connectivity index (χ1) is 14.1. The third-order valence-electron chi connectivity index (χ3n) is 4.97. The Morgan fingerprint density at radius 2 is 1.69 bits per heavy atom. The van der Waals surface area contributed by atoms with Crippen LogP contribution in [0.5, 0.6) is 17.2 Å². The van der Waals surface area contributed by atoms with E-state index in [1.807, 2.05) is 18.2 Å². The number of carbonyl (C=O) groups is 1. The number of halogens is 1. The maximum absolute atomic E-state index is 12.9. The lowest BCUT2D eigenvalue weighted by Crippen LogP contribution is -2.43. The Hall–Kier alpha value is -2.80. The number of methoxy groups -OCH3 is 2. The number of rotatable bonds is 8. The van der Waals surface area contributed by atoms with E-state index in [1.54, 1.807) is 26.4 Å². The zero-order chi connectivity index (χ0) is 20.6. The molecule has 0 aliphatic carbocycles. The van der Waals surface area contributed by atoms with Gasteiger partial charge in [0.05, 0.1) is 20.8 Å². The van der Waals surface area contributed by atoms with E-state index < -0.39 is 0 Å². The number of benzene rings is 2. The zero-order valence-corrected chi connectivity index (χ0v) is 16.8. The van der Waals surface area contributed by atoms with Gasteiger partial charge >= 0.3 is 0 Å². The number of likely N-dealkylation sites (tertiary alicyclic amines) is 1. The van der Waals surface area contributed by atoms with E-state index in [-0.39, 0.29) is 17.8 Å². The number of nitrogens with one attached hydrogen (secondary N) is 1. The fourth-order valence-electron chi connectivity index (χ4n) is 3.35. The lowest BCUT2D eigenvalue weighted by molar-refractivity contribution is -0.122. The summed E-state index contributed by atoms with van der Waals surface area (Å²) in [6.07, 6.45) is 1.66. The maximum atomic E-state index is 12.9. The molecule has 29 heavy (non-hydrogen) atoms. The standard InChI is InChI=1S/C22H27FN2O4/c1-27-19-4-3-5-20(28-2)22(19)29-18-10-12-25(13-11-18)15-21(26)24-14-16-6-8-17(23)9-7-16/h3-9,18H,10-15H2,1-2H3,(H,24,26). The van der Waals surface area contributed by atoms with Crippen molar-refractivity contribution < 1.29 is 23.4 Å². The molecule has 2 aromatic rings. The van der Waals surface area contributed by atoms with Gasteiger partial charge in [-0.1, -0.05) is 18.2 Å². The summed E-state index contributed by atoms with van der Waals surface area (Å²) in [5.74, 6) is 1.59. The van der Waals surface area contributed by atoms with Crippen molar-refractivity contribution in [2.24, 2.45) is 0 Å². The van der Waals surface area contributed by atoms with Crippen molar-refractivity contribution in [3.63, 3.8) is 0 Å². The minimum Gasteiger partial charge on any atom is -0.493 e. The molecule has 0 spiro atoms. The molecule has 1 fully saturated rings. The van der Waals surface area contributed by atoms with Gasteiger partial charge in [0.15, 0.2) is 11.5 Å². The van der Waals surface area contributed by atoms with Crippen LogP contribution in [0.2, 0.25) is 0 Å². The molecule has 0 radical (unpaired) electrons. The second kappa shape index (κ2) is 10.1. The SMILES string of the molecule is COc1cccc(OC)c1OC1CCN(CC(=O)NCc2ccc(F)cc2)CC1. The average Bonchev–Trinajstić information content (AvgIpc) is 2.75. The highest BCUT2D eigenvalue weighted by Crippen LogP contribution is 2.38. The first-order valence-electron chi connectivity index (χ1n) is 9.70. The van der Waals surface area contributed by atoms with Crippen LogP contribution in [-0.4, -0.2) is 50.8 Å². The summed E-state index contributed by atoms with van der Waals surface area (Å²) in [5, 5.41) is 2.88. The Bertz CT molecular complexity index is 783. The van der Waals surface area contributed by atoms with Gasteiger partial charge in [0.25, 0.3) is 0 Å². The summed E-state index contributed by atoms with van der Waals surface area (Å²) in [4.78, 5) is 14.3. The van der Waals surface area contributed by atoms with Crippen molar-refractivity contribution >= 4 is 5.91 Å². The lowest BCUT2D eigenvalue weighted by atomic mass is 10.1. The molecular weight excluding hydrogens is 375 g/mol. The normalized spacial score (nSPS) is 15.0. The van der Waals surface area contributed by atoms with E-state index in [0.29, 0.717) is 30.3 Å². The van der Waals surface area contributed by atoms with Gasteiger partial charge in [0.1, 0.15) is 11.9 Å². The summed E-state index contributed by atoms with van der Waals surface area (Å²) >= 11 is 0. The Kier molecular flexibility index (Phi) is 7.30. The monoisotopic (exact) mass is 402 g/mol. The second-order valence-corrected chi connectivity index (χ2v) is 6.99. The smallest absolute Gasteiger partial charge is 0.234 e. The number of ether oxygens (including phenoxy) is 3. The largest absolute Gasteiger partial charge is 0.493 e. The number of hydrogen-bond donors (Lipinski definition) is 1. The highest BCUT2D eigenvalue weighted by molar-refractivity contribution is 5.78. The summed E-state index contributed by atoms with van der Waals surface area (Å²) < 4.78 is 29.9.